The molecule has 0 radical (unpaired) electrons. The number of carbonyl (C=O) groups excluding carboxylic acids is 2. The van der Waals surface area contributed by atoms with E-state index in [0.717, 1.165) is 16.8 Å². The van der Waals surface area contributed by atoms with E-state index in [1.165, 1.54) is 13.0 Å². The third-order valence-electron chi connectivity index (χ3n) is 4.75. The van der Waals surface area contributed by atoms with Crippen molar-refractivity contribution >= 4 is 44.6 Å². The molecule has 2 aromatic carbocycles. The first kappa shape index (κ1) is 20.4. The average Bonchev–Trinajstić information content (AvgIpc) is 3.06. The Kier molecular flexibility index (Phi) is 5.76. The molecule has 0 fully saturated rings. The lowest BCUT2D eigenvalue weighted by molar-refractivity contribution is -0.117. The van der Waals surface area contributed by atoms with E-state index in [4.69, 9.17) is 11.6 Å². The summed E-state index contributed by atoms with van der Waals surface area (Å²) in [6.45, 7) is 3.85. The predicted octanol–water partition coefficient (Wildman–Crippen LogP) is 3.36. The summed E-state index contributed by atoms with van der Waals surface area (Å²) in [5.41, 5.74) is 2.99. The monoisotopic (exact) mass is 420 g/mol. The molecule has 3 rings (SSSR count). The van der Waals surface area contributed by atoms with Gasteiger partial charge >= 0.3 is 0 Å². The van der Waals surface area contributed by atoms with Crippen LogP contribution in [0.4, 0.5) is 11.4 Å². The van der Waals surface area contributed by atoms with E-state index in [2.05, 4.69) is 5.32 Å². The molecule has 2 amide bonds. The molecule has 0 saturated heterocycles. The first-order valence-electron chi connectivity index (χ1n) is 8.87. The van der Waals surface area contributed by atoms with Gasteiger partial charge in [-0.05, 0) is 60.9 Å². The molecule has 1 aliphatic rings. The van der Waals surface area contributed by atoms with Crippen LogP contribution in [0.15, 0.2) is 41.3 Å². The lowest BCUT2D eigenvalue weighted by atomic mass is 10.2. The summed E-state index contributed by atoms with van der Waals surface area (Å²) < 4.78 is 25.3. The zero-order chi connectivity index (χ0) is 20.5. The van der Waals surface area contributed by atoms with Gasteiger partial charge in [-0.3, -0.25) is 9.59 Å². The number of fused-ring (bicyclic) bond motifs is 1. The number of nitrogens with zero attached hydrogens (tertiary/aromatic N) is 1. The van der Waals surface area contributed by atoms with Gasteiger partial charge in [-0.2, -0.15) is 0 Å². The van der Waals surface area contributed by atoms with Crippen LogP contribution in [0.3, 0.4) is 0 Å². The van der Waals surface area contributed by atoms with Crippen molar-refractivity contribution in [2.75, 3.05) is 22.5 Å². The Labute approximate surface area is 169 Å². The summed E-state index contributed by atoms with van der Waals surface area (Å²) in [4.78, 5) is 25.6. The molecule has 0 spiro atoms. The maximum absolute atomic E-state index is 12.6. The summed E-state index contributed by atoms with van der Waals surface area (Å²) in [7, 11) is -3.61. The second-order valence-electron chi connectivity index (χ2n) is 6.79. The molecular weight excluding hydrogens is 400 g/mol. The van der Waals surface area contributed by atoms with Gasteiger partial charge in [-0.1, -0.05) is 11.6 Å². The molecule has 0 unspecified atom stereocenters. The molecule has 1 N–H and O–H groups in total. The van der Waals surface area contributed by atoms with Gasteiger partial charge in [0.2, 0.25) is 11.8 Å². The molecule has 2 aromatic rings. The number of hydrogen-bond donors (Lipinski definition) is 1. The molecule has 0 aromatic heterocycles. The van der Waals surface area contributed by atoms with Crippen LogP contribution in [0.2, 0.25) is 5.02 Å². The van der Waals surface area contributed by atoms with E-state index in [9.17, 15) is 18.0 Å². The fourth-order valence-corrected chi connectivity index (χ4v) is 4.74. The van der Waals surface area contributed by atoms with Gasteiger partial charge in [-0.25, -0.2) is 8.42 Å². The van der Waals surface area contributed by atoms with Crippen LogP contribution in [0, 0.1) is 6.92 Å². The van der Waals surface area contributed by atoms with Crippen LogP contribution in [0.25, 0.3) is 0 Å². The summed E-state index contributed by atoms with van der Waals surface area (Å²) in [6.07, 6.45) is 0.468. The van der Waals surface area contributed by atoms with Crippen LogP contribution < -0.4 is 10.2 Å². The van der Waals surface area contributed by atoms with E-state index in [1.807, 2.05) is 6.92 Å². The number of carbonyl (C=O) groups is 2. The highest BCUT2D eigenvalue weighted by Gasteiger charge is 2.25. The number of amides is 2. The Balaban J connectivity index is 1.67. The molecule has 8 heteroatoms. The van der Waals surface area contributed by atoms with E-state index >= 15 is 0 Å². The Morgan fingerprint density at radius 3 is 2.61 bits per heavy atom. The third kappa shape index (κ3) is 4.36. The number of halogens is 1. The van der Waals surface area contributed by atoms with Gasteiger partial charge in [0.15, 0.2) is 9.84 Å². The average molecular weight is 421 g/mol. The van der Waals surface area contributed by atoms with Gasteiger partial charge in [-0.15, -0.1) is 0 Å². The van der Waals surface area contributed by atoms with Crippen molar-refractivity contribution in [1.29, 1.82) is 0 Å². The highest BCUT2D eigenvalue weighted by molar-refractivity contribution is 7.91. The number of nitrogens with one attached hydrogen (secondary N) is 1. The minimum Gasteiger partial charge on any atom is -0.326 e. The predicted molar refractivity (Wildman–Crippen MR) is 110 cm³/mol. The summed E-state index contributed by atoms with van der Waals surface area (Å²) in [5.74, 6) is -0.734. The first-order chi connectivity index (χ1) is 13.2. The van der Waals surface area contributed by atoms with Gasteiger partial charge < -0.3 is 10.2 Å². The SMILES string of the molecule is CC(=O)N1CCc2cc(S(=O)(=O)CCC(=O)Nc3ccc(Cl)cc3C)ccc21. The minimum atomic E-state index is -3.61. The molecule has 0 atom stereocenters. The number of sulfone groups is 1. The molecule has 148 valence electrons. The van der Waals surface area contributed by atoms with Crippen molar-refractivity contribution in [1.82, 2.24) is 0 Å². The zero-order valence-electron chi connectivity index (χ0n) is 15.7. The molecule has 1 aliphatic heterocycles. The van der Waals surface area contributed by atoms with Crippen molar-refractivity contribution in [2.24, 2.45) is 0 Å². The number of benzene rings is 2. The zero-order valence-corrected chi connectivity index (χ0v) is 17.2. The fourth-order valence-electron chi connectivity index (χ4n) is 3.22. The summed E-state index contributed by atoms with van der Waals surface area (Å²) in [6, 6.07) is 9.84. The number of rotatable bonds is 5. The quantitative estimate of drug-likeness (QED) is 0.803. The van der Waals surface area contributed by atoms with Gasteiger partial charge in [0.05, 0.1) is 10.6 Å². The van der Waals surface area contributed by atoms with Crippen LogP contribution in [-0.2, 0) is 25.8 Å². The Morgan fingerprint density at radius 2 is 1.93 bits per heavy atom. The van der Waals surface area contributed by atoms with E-state index < -0.39 is 9.84 Å². The van der Waals surface area contributed by atoms with Crippen LogP contribution >= 0.6 is 11.6 Å². The topological polar surface area (TPSA) is 83.6 Å². The largest absolute Gasteiger partial charge is 0.326 e. The van der Waals surface area contributed by atoms with Crippen molar-refractivity contribution in [2.45, 2.75) is 31.6 Å². The summed E-state index contributed by atoms with van der Waals surface area (Å²) in [5, 5.41) is 3.28. The second kappa shape index (κ2) is 7.93. The second-order valence-corrected chi connectivity index (χ2v) is 9.33. The highest BCUT2D eigenvalue weighted by Crippen LogP contribution is 2.30. The third-order valence-corrected chi connectivity index (χ3v) is 6.69. The normalized spacial score (nSPS) is 13.3. The maximum Gasteiger partial charge on any atom is 0.225 e. The lowest BCUT2D eigenvalue weighted by Crippen LogP contribution is -2.25. The van der Waals surface area contributed by atoms with Crippen LogP contribution in [0.5, 0.6) is 0 Å². The van der Waals surface area contributed by atoms with E-state index in [0.29, 0.717) is 23.7 Å². The first-order valence-corrected chi connectivity index (χ1v) is 10.9. The molecule has 0 aliphatic carbocycles. The number of anilines is 2. The van der Waals surface area contributed by atoms with Crippen LogP contribution in [-0.4, -0.2) is 32.5 Å². The van der Waals surface area contributed by atoms with Crippen molar-refractivity contribution in [3.63, 3.8) is 0 Å². The summed E-state index contributed by atoms with van der Waals surface area (Å²) >= 11 is 5.90. The minimum absolute atomic E-state index is 0.0662. The standard InChI is InChI=1S/C20H21ClN2O4S/c1-13-11-16(21)3-5-18(13)22-20(25)8-10-28(26,27)17-4-6-19-15(12-17)7-9-23(19)14(2)24/h3-6,11-12H,7-10H2,1-2H3,(H,22,25). The van der Waals surface area contributed by atoms with E-state index in [-0.39, 0.29) is 28.9 Å². The Bertz CT molecular complexity index is 1050. The molecule has 6 nitrogen and oxygen atoms in total. The molecule has 0 saturated carbocycles. The smallest absolute Gasteiger partial charge is 0.225 e. The molecule has 1 heterocycles. The Hall–Kier alpha value is -2.38. The van der Waals surface area contributed by atoms with E-state index in [1.54, 1.807) is 35.2 Å². The maximum atomic E-state index is 12.6. The van der Waals surface area contributed by atoms with Crippen molar-refractivity contribution < 1.29 is 18.0 Å². The highest BCUT2D eigenvalue weighted by atomic mass is 35.5. The Morgan fingerprint density at radius 1 is 1.18 bits per heavy atom. The molecular formula is C20H21ClN2O4S. The number of aryl methyl sites for hydroxylation is 1. The lowest BCUT2D eigenvalue weighted by Gasteiger charge is -2.15. The van der Waals surface area contributed by atoms with Crippen molar-refractivity contribution in [3.8, 4) is 0 Å². The van der Waals surface area contributed by atoms with Gasteiger partial charge in [0, 0.05) is 36.3 Å². The fraction of sp³-hybridized carbons (Fsp3) is 0.300. The van der Waals surface area contributed by atoms with Gasteiger partial charge in [0.25, 0.3) is 0 Å². The van der Waals surface area contributed by atoms with Crippen LogP contribution in [0.1, 0.15) is 24.5 Å². The molecule has 28 heavy (non-hydrogen) atoms. The molecule has 0 bridgehead atoms. The number of hydrogen-bond acceptors (Lipinski definition) is 4. The van der Waals surface area contributed by atoms with Gasteiger partial charge in [0.1, 0.15) is 0 Å². The van der Waals surface area contributed by atoms with Crippen molar-refractivity contribution in [3.05, 3.63) is 52.5 Å².